The molecule has 1 aliphatic rings. The van der Waals surface area contributed by atoms with E-state index in [1.54, 1.807) is 0 Å². The molecule has 0 bridgehead atoms. The summed E-state index contributed by atoms with van der Waals surface area (Å²) in [6.07, 6.45) is 3.28. The van der Waals surface area contributed by atoms with Crippen LogP contribution in [0.3, 0.4) is 0 Å². The Morgan fingerprint density at radius 1 is 1.00 bits per heavy atom. The first-order valence-electron chi connectivity index (χ1n) is 8.37. The smallest absolute Gasteiger partial charge is 0.0497 e. The monoisotopic (exact) mass is 302 g/mol. The summed E-state index contributed by atoms with van der Waals surface area (Å²) >= 11 is 0. The van der Waals surface area contributed by atoms with Gasteiger partial charge in [0.25, 0.3) is 0 Å². The zero-order valence-electron chi connectivity index (χ0n) is 13.4. The topological polar surface area (TPSA) is 17.0 Å². The first-order chi connectivity index (χ1) is 11.3. The van der Waals surface area contributed by atoms with Crippen molar-refractivity contribution in [3.05, 3.63) is 89.7 Å². The Morgan fingerprint density at radius 3 is 2.65 bits per heavy atom. The summed E-state index contributed by atoms with van der Waals surface area (Å²) in [6.45, 7) is 3.24. The number of nitrogens with zero attached hydrogens (tertiary/aromatic N) is 1. The Balaban J connectivity index is 1.65. The number of hydrogen-bond acceptors (Lipinski definition) is 1. The van der Waals surface area contributed by atoms with Crippen LogP contribution in [0.25, 0.3) is 5.69 Å². The van der Waals surface area contributed by atoms with Gasteiger partial charge < -0.3 is 9.88 Å². The lowest BCUT2D eigenvalue weighted by molar-refractivity contribution is 0.459. The fraction of sp³-hybridized carbons (Fsp3) is 0.238. The maximum atomic E-state index is 3.76. The predicted molar refractivity (Wildman–Crippen MR) is 94.8 cm³/mol. The number of hydrogen-bond donors (Lipinski definition) is 1. The van der Waals surface area contributed by atoms with E-state index in [1.165, 1.54) is 22.5 Å². The number of para-hydroxylation sites is 1. The first-order valence-corrected chi connectivity index (χ1v) is 8.37. The van der Waals surface area contributed by atoms with Crippen LogP contribution in [0, 0.1) is 0 Å². The largest absolute Gasteiger partial charge is 0.319 e. The van der Waals surface area contributed by atoms with Gasteiger partial charge in [0.05, 0.1) is 0 Å². The molecule has 0 amide bonds. The molecule has 0 radical (unpaired) electrons. The van der Waals surface area contributed by atoms with Gasteiger partial charge in [0, 0.05) is 30.2 Å². The molecule has 2 heterocycles. The van der Waals surface area contributed by atoms with Gasteiger partial charge in [-0.05, 0) is 41.7 Å². The lowest BCUT2D eigenvalue weighted by Crippen LogP contribution is -2.21. The average molecular weight is 302 g/mol. The second-order valence-electron chi connectivity index (χ2n) is 6.41. The van der Waals surface area contributed by atoms with Gasteiger partial charge in [-0.15, -0.1) is 0 Å². The highest BCUT2D eigenvalue weighted by atomic mass is 15.1. The summed E-state index contributed by atoms with van der Waals surface area (Å²) in [5.74, 6) is 0.526. The van der Waals surface area contributed by atoms with E-state index in [1.807, 2.05) is 0 Å². The van der Waals surface area contributed by atoms with Crippen LogP contribution in [0.4, 0.5) is 0 Å². The molecule has 2 aromatic carbocycles. The normalized spacial score (nSPS) is 17.9. The molecular formula is C21H22N2. The zero-order valence-corrected chi connectivity index (χ0v) is 13.4. The van der Waals surface area contributed by atoms with E-state index in [0.29, 0.717) is 12.0 Å². The highest BCUT2D eigenvalue weighted by Gasteiger charge is 2.23. The quantitative estimate of drug-likeness (QED) is 0.734. The third-order valence-electron chi connectivity index (χ3n) is 4.89. The first kappa shape index (κ1) is 14.3. The fourth-order valence-electron chi connectivity index (χ4n) is 3.61. The molecule has 1 aliphatic heterocycles. The van der Waals surface area contributed by atoms with Gasteiger partial charge in [-0.2, -0.15) is 0 Å². The van der Waals surface area contributed by atoms with Crippen molar-refractivity contribution in [3.8, 4) is 5.69 Å². The minimum atomic E-state index is 0.368. The van der Waals surface area contributed by atoms with Crippen LogP contribution in [-0.4, -0.2) is 4.57 Å². The number of benzene rings is 2. The van der Waals surface area contributed by atoms with Crippen molar-refractivity contribution in [2.45, 2.75) is 31.8 Å². The summed E-state index contributed by atoms with van der Waals surface area (Å²) in [4.78, 5) is 0. The van der Waals surface area contributed by atoms with Crippen molar-refractivity contribution in [1.82, 2.24) is 9.88 Å². The maximum absolute atomic E-state index is 3.76. The van der Waals surface area contributed by atoms with E-state index in [4.69, 9.17) is 0 Å². The van der Waals surface area contributed by atoms with Gasteiger partial charge in [-0.3, -0.25) is 0 Å². The molecule has 116 valence electrons. The fourth-order valence-corrected chi connectivity index (χ4v) is 3.61. The minimum absolute atomic E-state index is 0.368. The van der Waals surface area contributed by atoms with Crippen molar-refractivity contribution in [3.63, 3.8) is 0 Å². The molecular weight excluding hydrogens is 280 g/mol. The molecule has 0 fully saturated rings. The van der Waals surface area contributed by atoms with E-state index >= 15 is 0 Å². The molecule has 0 saturated carbocycles. The van der Waals surface area contributed by atoms with Crippen LogP contribution in [0.1, 0.15) is 42.1 Å². The van der Waals surface area contributed by atoms with Crippen LogP contribution in [0.5, 0.6) is 0 Å². The Bertz CT molecular complexity index is 788. The van der Waals surface area contributed by atoms with Gasteiger partial charge >= 0.3 is 0 Å². The number of rotatable bonds is 3. The lowest BCUT2D eigenvalue weighted by Gasteiger charge is -2.22. The van der Waals surface area contributed by atoms with Crippen LogP contribution < -0.4 is 5.32 Å². The van der Waals surface area contributed by atoms with E-state index in [-0.39, 0.29) is 0 Å². The van der Waals surface area contributed by atoms with Gasteiger partial charge in [0.1, 0.15) is 0 Å². The van der Waals surface area contributed by atoms with Crippen LogP contribution in [-0.2, 0) is 6.54 Å². The third-order valence-corrected chi connectivity index (χ3v) is 4.89. The molecule has 0 saturated heterocycles. The maximum Gasteiger partial charge on any atom is 0.0497 e. The van der Waals surface area contributed by atoms with Crippen molar-refractivity contribution in [2.24, 2.45) is 0 Å². The number of aromatic nitrogens is 1. The van der Waals surface area contributed by atoms with Gasteiger partial charge in [-0.1, -0.05) is 55.5 Å². The highest BCUT2D eigenvalue weighted by molar-refractivity contribution is 5.45. The SMILES string of the molecule is C[C@@H](C[C@@H]1NCc2ccccc2-n2cccc21)c1ccccc1. The van der Waals surface area contributed by atoms with Crippen LogP contribution in [0.15, 0.2) is 72.9 Å². The minimum Gasteiger partial charge on any atom is -0.319 e. The molecule has 0 unspecified atom stereocenters. The molecule has 3 aromatic rings. The van der Waals surface area contributed by atoms with E-state index < -0.39 is 0 Å². The number of fused-ring (bicyclic) bond motifs is 3. The summed E-state index contributed by atoms with van der Waals surface area (Å²) in [6, 6.07) is 24.2. The van der Waals surface area contributed by atoms with Crippen molar-refractivity contribution in [2.75, 3.05) is 0 Å². The molecule has 0 aliphatic carbocycles. The van der Waals surface area contributed by atoms with Gasteiger partial charge in [0.2, 0.25) is 0 Å². The van der Waals surface area contributed by atoms with E-state index in [0.717, 1.165) is 13.0 Å². The molecule has 1 N–H and O–H groups in total. The lowest BCUT2D eigenvalue weighted by atomic mass is 9.92. The van der Waals surface area contributed by atoms with Crippen molar-refractivity contribution >= 4 is 0 Å². The molecule has 2 heteroatoms. The van der Waals surface area contributed by atoms with E-state index in [2.05, 4.69) is 89.7 Å². The Kier molecular flexibility index (Phi) is 3.76. The third kappa shape index (κ3) is 2.71. The van der Waals surface area contributed by atoms with Crippen LogP contribution in [0.2, 0.25) is 0 Å². The standard InChI is InChI=1S/C21H22N2/c1-16(17-8-3-2-4-9-17)14-19-21-12-7-13-23(21)20-11-6-5-10-18(20)15-22-19/h2-13,16,19,22H,14-15H2,1H3/t16-,19-/m0/s1. The van der Waals surface area contributed by atoms with E-state index in [9.17, 15) is 0 Å². The van der Waals surface area contributed by atoms with Crippen molar-refractivity contribution < 1.29 is 0 Å². The Morgan fingerprint density at radius 2 is 1.78 bits per heavy atom. The molecule has 2 nitrogen and oxygen atoms in total. The van der Waals surface area contributed by atoms with Crippen molar-refractivity contribution in [1.29, 1.82) is 0 Å². The summed E-state index contributed by atoms with van der Waals surface area (Å²) < 4.78 is 2.34. The van der Waals surface area contributed by atoms with Gasteiger partial charge in [-0.25, -0.2) is 0 Å². The molecule has 0 spiro atoms. The predicted octanol–water partition coefficient (Wildman–Crippen LogP) is 4.82. The molecule has 2 atom stereocenters. The zero-order chi connectivity index (χ0) is 15.6. The summed E-state index contributed by atoms with van der Waals surface area (Å²) in [5.41, 5.74) is 5.43. The second kappa shape index (κ2) is 6.05. The Hall–Kier alpha value is -2.32. The molecule has 1 aromatic heterocycles. The number of nitrogens with one attached hydrogen (secondary N) is 1. The summed E-state index contributed by atoms with van der Waals surface area (Å²) in [7, 11) is 0. The average Bonchev–Trinajstić information content (AvgIpc) is 3.04. The molecule has 4 rings (SSSR count). The second-order valence-corrected chi connectivity index (χ2v) is 6.41. The summed E-state index contributed by atoms with van der Waals surface area (Å²) in [5, 5.41) is 3.76. The Labute approximate surface area is 137 Å². The van der Waals surface area contributed by atoms with Crippen LogP contribution >= 0.6 is 0 Å². The van der Waals surface area contributed by atoms with Gasteiger partial charge in [0.15, 0.2) is 0 Å². The highest BCUT2D eigenvalue weighted by Crippen LogP contribution is 2.32. The molecule has 23 heavy (non-hydrogen) atoms.